The summed E-state index contributed by atoms with van der Waals surface area (Å²) in [6, 6.07) is 17.6. The highest BCUT2D eigenvalue weighted by atomic mass is 16.2. The van der Waals surface area contributed by atoms with E-state index in [-0.39, 0.29) is 11.9 Å². The summed E-state index contributed by atoms with van der Waals surface area (Å²) in [6.45, 7) is 0.529. The van der Waals surface area contributed by atoms with E-state index in [1.54, 1.807) is 12.1 Å². The molecule has 0 bridgehead atoms. The molecule has 1 atom stereocenters. The van der Waals surface area contributed by atoms with Gasteiger partial charge in [0.25, 0.3) is 0 Å². The Balaban J connectivity index is 1.88. The van der Waals surface area contributed by atoms with E-state index >= 15 is 0 Å². The topological polar surface area (TPSA) is 46.2 Å². The molecule has 120 valence electrons. The first-order valence-electron chi connectivity index (χ1n) is 8.05. The third-order valence-electron chi connectivity index (χ3n) is 4.88. The largest absolute Gasteiger partial charge is 0.331 e. The average molecular weight is 319 g/mol. The highest BCUT2D eigenvalue weighted by Crippen LogP contribution is 2.37. The number of benzene rings is 2. The average Bonchev–Trinajstić information content (AvgIpc) is 2.59. The van der Waals surface area contributed by atoms with Crippen molar-refractivity contribution in [3.05, 3.63) is 76.9 Å². The minimum atomic E-state index is -0.399. The van der Waals surface area contributed by atoms with Gasteiger partial charge in [0.2, 0.25) is 11.6 Å². The second kappa shape index (κ2) is 5.14. The molecular weight excluding hydrogens is 300 g/mol. The minimum Gasteiger partial charge on any atom is -0.331 e. The van der Waals surface area contributed by atoms with Crippen molar-refractivity contribution < 1.29 is 14.1 Å². The molecule has 0 saturated carbocycles. The first-order chi connectivity index (χ1) is 11.5. The lowest BCUT2D eigenvalue weighted by Gasteiger charge is -2.44. The number of ketones is 2. The molecule has 0 spiro atoms. The molecule has 2 aliphatic rings. The number of carbonyl (C=O) groups excluding carboxylic acids is 2. The van der Waals surface area contributed by atoms with Crippen LogP contribution in [0.1, 0.15) is 27.7 Å². The molecule has 1 unspecified atom stereocenters. The van der Waals surface area contributed by atoms with Crippen LogP contribution in [-0.4, -0.2) is 36.7 Å². The van der Waals surface area contributed by atoms with Crippen LogP contribution in [0.15, 0.2) is 60.2 Å². The molecule has 0 amide bonds. The smallest absolute Gasteiger partial charge is 0.237 e. The fourth-order valence-electron chi connectivity index (χ4n) is 3.68. The highest BCUT2D eigenvalue weighted by Gasteiger charge is 2.44. The van der Waals surface area contributed by atoms with E-state index in [2.05, 4.69) is 31.5 Å². The molecule has 0 aromatic heterocycles. The maximum Gasteiger partial charge on any atom is 0.237 e. The summed E-state index contributed by atoms with van der Waals surface area (Å²) in [7, 11) is 4.15. The Morgan fingerprint density at radius 2 is 1.50 bits per heavy atom. The normalized spacial score (nSPS) is 21.8. The van der Waals surface area contributed by atoms with Gasteiger partial charge in [0.15, 0.2) is 6.17 Å². The molecule has 4 rings (SSSR count). The van der Waals surface area contributed by atoms with Gasteiger partial charge in [-0.1, -0.05) is 54.6 Å². The molecule has 1 aliphatic heterocycles. The predicted octanol–water partition coefficient (Wildman–Crippen LogP) is 2.54. The monoisotopic (exact) mass is 319 g/mol. The van der Waals surface area contributed by atoms with Crippen molar-refractivity contribution in [3.8, 4) is 0 Å². The number of nitrogens with zero attached hydrogens (tertiary/aromatic N) is 1. The van der Waals surface area contributed by atoms with Gasteiger partial charge in [0.05, 0.1) is 25.4 Å². The number of nitrogens with one attached hydrogen (secondary N) is 1. The third kappa shape index (κ3) is 2.11. The summed E-state index contributed by atoms with van der Waals surface area (Å²) in [5.74, 6) is -0.779. The quantitative estimate of drug-likeness (QED) is 0.649. The molecule has 1 N–H and O–H groups in total. The van der Waals surface area contributed by atoms with Crippen molar-refractivity contribution >= 4 is 17.3 Å². The van der Waals surface area contributed by atoms with Crippen molar-refractivity contribution in [2.45, 2.75) is 6.17 Å². The van der Waals surface area contributed by atoms with Crippen molar-refractivity contribution in [2.75, 3.05) is 20.6 Å². The molecule has 24 heavy (non-hydrogen) atoms. The van der Waals surface area contributed by atoms with Gasteiger partial charge < -0.3 is 9.80 Å². The fourth-order valence-corrected chi connectivity index (χ4v) is 3.68. The van der Waals surface area contributed by atoms with Crippen molar-refractivity contribution in [1.82, 2.24) is 5.32 Å². The molecule has 4 heteroatoms. The Bertz CT molecular complexity index is 882. The molecule has 1 heterocycles. The SMILES string of the molecule is C[N+]1(C)CC2=C(NC1c1ccccc1)c1ccccc1C(=O)C2=O. The van der Waals surface area contributed by atoms with Gasteiger partial charge in [-0.3, -0.25) is 9.59 Å². The lowest BCUT2D eigenvalue weighted by atomic mass is 9.85. The first-order valence-corrected chi connectivity index (χ1v) is 8.05. The van der Waals surface area contributed by atoms with E-state index in [4.69, 9.17) is 0 Å². The van der Waals surface area contributed by atoms with E-state index in [1.165, 1.54) is 0 Å². The van der Waals surface area contributed by atoms with Gasteiger partial charge in [0.1, 0.15) is 6.54 Å². The van der Waals surface area contributed by atoms with Gasteiger partial charge in [-0.25, -0.2) is 0 Å². The summed E-state index contributed by atoms with van der Waals surface area (Å²) in [4.78, 5) is 25.0. The molecule has 2 aromatic carbocycles. The van der Waals surface area contributed by atoms with Crippen LogP contribution in [0.5, 0.6) is 0 Å². The van der Waals surface area contributed by atoms with Crippen LogP contribution in [-0.2, 0) is 4.79 Å². The number of hydrogen-bond donors (Lipinski definition) is 1. The zero-order chi connectivity index (χ0) is 16.9. The Morgan fingerprint density at radius 1 is 0.875 bits per heavy atom. The molecule has 2 aromatic rings. The van der Waals surface area contributed by atoms with Gasteiger partial charge in [-0.05, 0) is 0 Å². The first kappa shape index (κ1) is 14.8. The molecule has 1 aliphatic carbocycles. The summed E-state index contributed by atoms with van der Waals surface area (Å²) in [5, 5.41) is 3.55. The zero-order valence-electron chi connectivity index (χ0n) is 13.7. The molecule has 0 fully saturated rings. The van der Waals surface area contributed by atoms with E-state index in [0.717, 1.165) is 16.8 Å². The Labute approximate surface area is 141 Å². The number of likely N-dealkylation sites (N-methyl/N-ethyl adjacent to an activating group) is 1. The molecule has 0 radical (unpaired) electrons. The zero-order valence-corrected chi connectivity index (χ0v) is 13.7. The maximum absolute atomic E-state index is 12.6. The number of Topliss-reactive ketones (excluding diaryl/α,β-unsaturated/α-hetero) is 2. The number of quaternary nitrogens is 1. The van der Waals surface area contributed by atoms with Gasteiger partial charge in [-0.2, -0.15) is 0 Å². The number of rotatable bonds is 1. The highest BCUT2D eigenvalue weighted by molar-refractivity contribution is 6.52. The van der Waals surface area contributed by atoms with Crippen LogP contribution in [0.3, 0.4) is 0 Å². The third-order valence-corrected chi connectivity index (χ3v) is 4.88. The fraction of sp³-hybridized carbons (Fsp3) is 0.200. The Kier molecular flexibility index (Phi) is 3.18. The van der Waals surface area contributed by atoms with Crippen molar-refractivity contribution in [3.63, 3.8) is 0 Å². The second-order valence-corrected chi connectivity index (χ2v) is 6.95. The van der Waals surface area contributed by atoms with Crippen LogP contribution >= 0.6 is 0 Å². The molecule has 0 saturated heterocycles. The minimum absolute atomic E-state index is 0.0269. The van der Waals surface area contributed by atoms with Crippen LogP contribution in [0.2, 0.25) is 0 Å². The Morgan fingerprint density at radius 3 is 2.21 bits per heavy atom. The van der Waals surface area contributed by atoms with Gasteiger partial charge >= 0.3 is 0 Å². The van der Waals surface area contributed by atoms with Crippen LogP contribution in [0.25, 0.3) is 5.70 Å². The van der Waals surface area contributed by atoms with E-state index in [9.17, 15) is 9.59 Å². The van der Waals surface area contributed by atoms with Gasteiger partial charge in [0, 0.05) is 16.7 Å². The van der Waals surface area contributed by atoms with Crippen molar-refractivity contribution in [2.24, 2.45) is 0 Å². The van der Waals surface area contributed by atoms with Gasteiger partial charge in [-0.15, -0.1) is 0 Å². The molecular formula is C20H19N2O2+. The Hall–Kier alpha value is -2.72. The predicted molar refractivity (Wildman–Crippen MR) is 92.0 cm³/mol. The van der Waals surface area contributed by atoms with Crippen LogP contribution in [0, 0.1) is 0 Å². The van der Waals surface area contributed by atoms with E-state index in [1.807, 2.05) is 30.3 Å². The number of hydrogen-bond acceptors (Lipinski definition) is 3. The van der Waals surface area contributed by atoms with Crippen LogP contribution < -0.4 is 5.32 Å². The molecule has 4 nitrogen and oxygen atoms in total. The summed E-state index contributed by atoms with van der Waals surface area (Å²) < 4.78 is 0.573. The van der Waals surface area contributed by atoms with E-state index < -0.39 is 5.78 Å². The second-order valence-electron chi connectivity index (χ2n) is 6.95. The maximum atomic E-state index is 12.6. The van der Waals surface area contributed by atoms with E-state index in [0.29, 0.717) is 22.2 Å². The van der Waals surface area contributed by atoms with Crippen LogP contribution in [0.4, 0.5) is 0 Å². The standard InChI is InChI=1S/C20H18N2O2/c1-22(2)12-16-17(21-20(22)13-8-4-3-5-9-13)14-10-6-7-11-15(14)18(23)19(16)24/h3-11,20H,12H2,1-2H3/p+1. The van der Waals surface area contributed by atoms with Crippen molar-refractivity contribution in [1.29, 1.82) is 0 Å². The number of fused-ring (bicyclic) bond motifs is 2. The summed E-state index contributed by atoms with van der Waals surface area (Å²) in [6.07, 6.45) is 0.0269. The summed E-state index contributed by atoms with van der Waals surface area (Å²) in [5.41, 5.74) is 3.89. The number of carbonyl (C=O) groups is 2. The lowest BCUT2D eigenvalue weighted by Crippen LogP contribution is -2.55. The lowest BCUT2D eigenvalue weighted by molar-refractivity contribution is -0.920. The summed E-state index contributed by atoms with van der Waals surface area (Å²) >= 11 is 0.